The predicted octanol–water partition coefficient (Wildman–Crippen LogP) is 3.76. The van der Waals surface area contributed by atoms with Crippen molar-refractivity contribution in [1.82, 2.24) is 9.55 Å². The van der Waals surface area contributed by atoms with Crippen molar-refractivity contribution in [3.63, 3.8) is 0 Å². The topological polar surface area (TPSA) is 64.0 Å². The zero-order valence-electron chi connectivity index (χ0n) is 13.4. The Kier molecular flexibility index (Phi) is 5.70. The number of hydrogen-bond donors (Lipinski definition) is 1. The minimum Gasteiger partial charge on any atom is -0.325 e. The van der Waals surface area contributed by atoms with Crippen LogP contribution >= 0.6 is 23.4 Å². The fraction of sp³-hybridized carbons (Fsp3) is 0.0556. The van der Waals surface area contributed by atoms with Gasteiger partial charge in [-0.15, -0.1) is 0 Å². The van der Waals surface area contributed by atoms with Crippen molar-refractivity contribution in [2.45, 2.75) is 5.03 Å². The molecule has 0 atom stereocenters. The van der Waals surface area contributed by atoms with Crippen molar-refractivity contribution in [3.8, 4) is 5.69 Å². The van der Waals surface area contributed by atoms with E-state index >= 15 is 0 Å². The maximum Gasteiger partial charge on any atom is 0.287 e. The Labute approximate surface area is 157 Å². The van der Waals surface area contributed by atoms with Gasteiger partial charge in [-0.2, -0.15) is 0 Å². The number of carbonyl (C=O) groups excluding carboxylic acids is 1. The second-order valence-corrected chi connectivity index (χ2v) is 6.63. The number of rotatable bonds is 5. The first-order valence-electron chi connectivity index (χ1n) is 7.55. The van der Waals surface area contributed by atoms with Crippen molar-refractivity contribution in [3.05, 3.63) is 82.1 Å². The first-order valence-corrected chi connectivity index (χ1v) is 8.91. The molecule has 1 aromatic heterocycles. The fourth-order valence-electron chi connectivity index (χ4n) is 2.19. The van der Waals surface area contributed by atoms with E-state index in [9.17, 15) is 14.0 Å². The first kappa shape index (κ1) is 18.2. The maximum absolute atomic E-state index is 13.4. The number of thioether (sulfide) groups is 1. The zero-order valence-corrected chi connectivity index (χ0v) is 14.9. The van der Waals surface area contributed by atoms with E-state index in [0.29, 0.717) is 16.4 Å². The maximum atomic E-state index is 13.4. The second-order valence-electron chi connectivity index (χ2n) is 5.23. The van der Waals surface area contributed by atoms with Crippen LogP contribution in [0.15, 0.2) is 70.7 Å². The summed E-state index contributed by atoms with van der Waals surface area (Å²) in [4.78, 5) is 28.5. The number of halogens is 2. The molecule has 0 saturated heterocycles. The van der Waals surface area contributed by atoms with Crippen LogP contribution in [0, 0.1) is 5.82 Å². The summed E-state index contributed by atoms with van der Waals surface area (Å²) in [6, 6.07) is 12.4. The highest BCUT2D eigenvalue weighted by atomic mass is 35.5. The first-order chi connectivity index (χ1) is 12.5. The van der Waals surface area contributed by atoms with Crippen molar-refractivity contribution >= 4 is 35.0 Å². The van der Waals surface area contributed by atoms with E-state index in [1.807, 2.05) is 0 Å². The Hall–Kier alpha value is -2.64. The summed E-state index contributed by atoms with van der Waals surface area (Å²) in [6.07, 6.45) is 2.89. The summed E-state index contributed by atoms with van der Waals surface area (Å²) in [6.45, 7) is 0. The number of nitrogens with zero attached hydrogens (tertiary/aromatic N) is 2. The van der Waals surface area contributed by atoms with Crippen LogP contribution in [0.1, 0.15) is 0 Å². The highest BCUT2D eigenvalue weighted by Gasteiger charge is 2.10. The van der Waals surface area contributed by atoms with Gasteiger partial charge in [-0.05, 0) is 42.5 Å². The van der Waals surface area contributed by atoms with Gasteiger partial charge in [0, 0.05) is 23.1 Å². The molecule has 0 unspecified atom stereocenters. The van der Waals surface area contributed by atoms with Crippen LogP contribution in [0.2, 0.25) is 5.02 Å². The van der Waals surface area contributed by atoms with Crippen molar-refractivity contribution in [1.29, 1.82) is 0 Å². The van der Waals surface area contributed by atoms with Crippen LogP contribution in [-0.2, 0) is 4.79 Å². The Balaban J connectivity index is 1.70. The van der Waals surface area contributed by atoms with Gasteiger partial charge in [0.15, 0.2) is 5.03 Å². The van der Waals surface area contributed by atoms with E-state index < -0.39 is 11.4 Å². The number of amides is 1. The molecule has 0 fully saturated rings. The molecule has 0 spiro atoms. The van der Waals surface area contributed by atoms with Gasteiger partial charge in [0.2, 0.25) is 5.91 Å². The number of carbonyl (C=O) groups is 1. The number of aromatic nitrogens is 2. The third kappa shape index (κ3) is 4.50. The van der Waals surface area contributed by atoms with Crippen LogP contribution in [0.3, 0.4) is 0 Å². The molecule has 0 aliphatic carbocycles. The van der Waals surface area contributed by atoms with Gasteiger partial charge in [-0.3, -0.25) is 14.2 Å². The molecule has 2 aromatic carbocycles. The molecule has 1 amide bonds. The van der Waals surface area contributed by atoms with Crippen LogP contribution in [0.4, 0.5) is 10.1 Å². The molecule has 132 valence electrons. The third-order valence-electron chi connectivity index (χ3n) is 3.36. The Morgan fingerprint density at radius 3 is 2.73 bits per heavy atom. The monoisotopic (exact) mass is 389 g/mol. The van der Waals surface area contributed by atoms with Crippen LogP contribution in [-0.4, -0.2) is 21.2 Å². The van der Waals surface area contributed by atoms with Crippen LogP contribution in [0.5, 0.6) is 0 Å². The minimum atomic E-state index is -0.442. The van der Waals surface area contributed by atoms with Crippen LogP contribution < -0.4 is 10.9 Å². The molecule has 0 aliphatic heterocycles. The molecule has 0 aliphatic rings. The number of benzene rings is 2. The lowest BCUT2D eigenvalue weighted by atomic mass is 10.3. The van der Waals surface area contributed by atoms with Gasteiger partial charge in [-0.25, -0.2) is 9.37 Å². The molecule has 8 heteroatoms. The van der Waals surface area contributed by atoms with E-state index in [2.05, 4.69) is 10.3 Å². The molecule has 1 heterocycles. The smallest absolute Gasteiger partial charge is 0.287 e. The lowest BCUT2D eigenvalue weighted by molar-refractivity contribution is -0.113. The molecule has 5 nitrogen and oxygen atoms in total. The van der Waals surface area contributed by atoms with Crippen molar-refractivity contribution < 1.29 is 9.18 Å². The average molecular weight is 390 g/mol. The molecule has 26 heavy (non-hydrogen) atoms. The van der Waals surface area contributed by atoms with Gasteiger partial charge < -0.3 is 5.32 Å². The number of anilines is 1. The van der Waals surface area contributed by atoms with Gasteiger partial charge in [0.05, 0.1) is 11.4 Å². The molecule has 3 aromatic rings. The molecular formula is C18H13ClFN3O2S. The predicted molar refractivity (Wildman–Crippen MR) is 101 cm³/mol. The average Bonchev–Trinajstić information content (AvgIpc) is 2.63. The Bertz CT molecular complexity index is 992. The highest BCUT2D eigenvalue weighted by molar-refractivity contribution is 7.99. The Morgan fingerprint density at radius 1 is 1.23 bits per heavy atom. The third-order valence-corrected chi connectivity index (χ3v) is 4.58. The SMILES string of the molecule is O=C(CSc1nccn(-c2cccc(F)c2)c1=O)Nc1ccc(Cl)cc1. The van der Waals surface area contributed by atoms with Gasteiger partial charge in [-0.1, -0.05) is 29.4 Å². The minimum absolute atomic E-state index is 0.0119. The van der Waals surface area contributed by atoms with Gasteiger partial charge in [0.1, 0.15) is 5.82 Å². The fourth-order valence-corrected chi connectivity index (χ4v) is 3.01. The lowest BCUT2D eigenvalue weighted by Crippen LogP contribution is -2.22. The van der Waals surface area contributed by atoms with E-state index in [0.717, 1.165) is 11.8 Å². The molecule has 0 saturated carbocycles. The van der Waals surface area contributed by atoms with Gasteiger partial charge in [0.25, 0.3) is 5.56 Å². The molecule has 1 N–H and O–H groups in total. The lowest BCUT2D eigenvalue weighted by Gasteiger charge is -2.08. The normalized spacial score (nSPS) is 10.5. The number of hydrogen-bond acceptors (Lipinski definition) is 4. The van der Waals surface area contributed by atoms with E-state index in [4.69, 9.17) is 11.6 Å². The van der Waals surface area contributed by atoms with E-state index in [-0.39, 0.29) is 16.7 Å². The van der Waals surface area contributed by atoms with E-state index in [1.54, 1.807) is 30.3 Å². The summed E-state index contributed by atoms with van der Waals surface area (Å²) in [5.74, 6) is -0.708. The second kappa shape index (κ2) is 8.16. The summed E-state index contributed by atoms with van der Waals surface area (Å²) in [5, 5.41) is 3.44. The summed E-state index contributed by atoms with van der Waals surface area (Å²) in [5.41, 5.74) is 0.588. The standard InChI is InChI=1S/C18H13ClFN3O2S/c19-12-4-6-14(7-5-12)22-16(24)11-26-17-18(25)23(9-8-21-17)15-3-1-2-13(20)10-15/h1-10H,11H2,(H,22,24). The summed E-state index contributed by atoms with van der Waals surface area (Å²) in [7, 11) is 0. The molecule has 0 radical (unpaired) electrons. The molecule has 0 bridgehead atoms. The number of nitrogens with one attached hydrogen (secondary N) is 1. The molecular weight excluding hydrogens is 377 g/mol. The van der Waals surface area contributed by atoms with Gasteiger partial charge >= 0.3 is 0 Å². The highest BCUT2D eigenvalue weighted by Crippen LogP contribution is 2.16. The Morgan fingerprint density at radius 2 is 2.00 bits per heavy atom. The molecule has 3 rings (SSSR count). The largest absolute Gasteiger partial charge is 0.325 e. The summed E-state index contributed by atoms with van der Waals surface area (Å²) >= 11 is 6.81. The van der Waals surface area contributed by atoms with Crippen molar-refractivity contribution in [2.75, 3.05) is 11.1 Å². The summed E-state index contributed by atoms with van der Waals surface area (Å²) < 4.78 is 14.7. The zero-order chi connectivity index (χ0) is 18.5. The van der Waals surface area contributed by atoms with Crippen LogP contribution in [0.25, 0.3) is 5.69 Å². The quantitative estimate of drug-likeness (QED) is 0.675. The van der Waals surface area contributed by atoms with E-state index in [1.165, 1.54) is 35.2 Å². The van der Waals surface area contributed by atoms with Crippen molar-refractivity contribution in [2.24, 2.45) is 0 Å².